The number of anilines is 2. The molecule has 1 aliphatic heterocycles. The maximum Gasteiger partial charge on any atom is 0.128 e. The Hall–Kier alpha value is -1.29. The maximum absolute atomic E-state index is 13.4. The van der Waals surface area contributed by atoms with Gasteiger partial charge in [-0.25, -0.2) is 4.39 Å². The Morgan fingerprint density at radius 3 is 2.83 bits per heavy atom. The second kappa shape index (κ2) is 5.14. The van der Waals surface area contributed by atoms with Gasteiger partial charge in [-0.1, -0.05) is 0 Å². The van der Waals surface area contributed by atoms with E-state index in [1.54, 1.807) is 6.92 Å². The lowest BCUT2D eigenvalue weighted by Crippen LogP contribution is -2.27. The van der Waals surface area contributed by atoms with Gasteiger partial charge in [-0.3, -0.25) is 0 Å². The van der Waals surface area contributed by atoms with Crippen LogP contribution in [0.1, 0.15) is 12.0 Å². The lowest BCUT2D eigenvalue weighted by Gasteiger charge is -2.25. The van der Waals surface area contributed by atoms with Gasteiger partial charge in [0.25, 0.3) is 0 Å². The van der Waals surface area contributed by atoms with E-state index in [0.717, 1.165) is 25.3 Å². The highest BCUT2D eigenvalue weighted by Gasteiger charge is 2.21. The van der Waals surface area contributed by atoms with E-state index in [0.29, 0.717) is 17.2 Å². The molecule has 1 fully saturated rings. The quantitative estimate of drug-likeness (QED) is 0.835. The molecule has 100 valence electrons. The predicted molar refractivity (Wildman–Crippen MR) is 74.4 cm³/mol. The van der Waals surface area contributed by atoms with Gasteiger partial charge in [0.2, 0.25) is 0 Å². The molecular formula is C14H22FN3. The zero-order valence-electron chi connectivity index (χ0n) is 11.4. The van der Waals surface area contributed by atoms with Crippen molar-refractivity contribution in [3.05, 3.63) is 23.5 Å². The third kappa shape index (κ3) is 2.75. The van der Waals surface area contributed by atoms with Crippen LogP contribution < -0.4 is 10.6 Å². The zero-order valence-corrected chi connectivity index (χ0v) is 11.4. The predicted octanol–water partition coefficient (Wildman–Crippen LogP) is 2.10. The number of benzene rings is 1. The molecule has 1 saturated heterocycles. The van der Waals surface area contributed by atoms with Crippen molar-refractivity contribution in [1.29, 1.82) is 0 Å². The van der Waals surface area contributed by atoms with Crippen molar-refractivity contribution in [2.24, 2.45) is 5.92 Å². The number of aryl methyl sites for hydroxylation is 1. The lowest BCUT2D eigenvalue weighted by atomic mass is 10.1. The monoisotopic (exact) mass is 251 g/mol. The fourth-order valence-corrected chi connectivity index (χ4v) is 2.67. The standard InChI is InChI=1S/C14H22FN3/c1-10-6-14(13(16)7-12(10)15)18(3)9-11-4-5-17(2)8-11/h6-7,11H,4-5,8-9,16H2,1-3H3. The Morgan fingerprint density at radius 1 is 1.50 bits per heavy atom. The smallest absolute Gasteiger partial charge is 0.128 e. The maximum atomic E-state index is 13.4. The molecule has 1 aromatic rings. The summed E-state index contributed by atoms with van der Waals surface area (Å²) < 4.78 is 13.4. The second-order valence-corrected chi connectivity index (χ2v) is 5.46. The van der Waals surface area contributed by atoms with E-state index in [2.05, 4.69) is 16.8 Å². The van der Waals surface area contributed by atoms with Crippen LogP contribution in [0.25, 0.3) is 0 Å². The summed E-state index contributed by atoms with van der Waals surface area (Å²) in [6, 6.07) is 3.26. The molecule has 0 spiro atoms. The van der Waals surface area contributed by atoms with Gasteiger partial charge in [0.1, 0.15) is 5.82 Å². The summed E-state index contributed by atoms with van der Waals surface area (Å²) in [6.07, 6.45) is 1.22. The molecule has 0 saturated carbocycles. The fraction of sp³-hybridized carbons (Fsp3) is 0.571. The van der Waals surface area contributed by atoms with Crippen molar-refractivity contribution >= 4 is 11.4 Å². The normalized spacial score (nSPS) is 20.3. The van der Waals surface area contributed by atoms with E-state index in [1.165, 1.54) is 12.5 Å². The van der Waals surface area contributed by atoms with Gasteiger partial charge in [0.15, 0.2) is 0 Å². The molecule has 0 radical (unpaired) electrons. The van der Waals surface area contributed by atoms with E-state index in [4.69, 9.17) is 5.73 Å². The van der Waals surface area contributed by atoms with Crippen LogP contribution in [-0.2, 0) is 0 Å². The summed E-state index contributed by atoms with van der Waals surface area (Å²) in [4.78, 5) is 4.49. The number of likely N-dealkylation sites (tertiary alicyclic amines) is 1. The third-order valence-corrected chi connectivity index (χ3v) is 3.74. The Kier molecular flexibility index (Phi) is 3.76. The van der Waals surface area contributed by atoms with Crippen LogP contribution in [0.5, 0.6) is 0 Å². The number of nitrogen functional groups attached to an aromatic ring is 1. The minimum Gasteiger partial charge on any atom is -0.397 e. The van der Waals surface area contributed by atoms with Crippen molar-refractivity contribution in [3.8, 4) is 0 Å². The molecule has 1 aromatic carbocycles. The molecule has 0 aromatic heterocycles. The molecule has 2 rings (SSSR count). The highest BCUT2D eigenvalue weighted by Crippen LogP contribution is 2.27. The van der Waals surface area contributed by atoms with Crippen LogP contribution in [0.3, 0.4) is 0 Å². The van der Waals surface area contributed by atoms with Crippen molar-refractivity contribution in [2.45, 2.75) is 13.3 Å². The molecule has 1 aliphatic rings. The van der Waals surface area contributed by atoms with Gasteiger partial charge in [-0.15, -0.1) is 0 Å². The first kappa shape index (κ1) is 13.1. The first-order chi connectivity index (χ1) is 8.47. The highest BCUT2D eigenvalue weighted by molar-refractivity contribution is 5.68. The van der Waals surface area contributed by atoms with Crippen LogP contribution in [0.2, 0.25) is 0 Å². The molecule has 4 heteroatoms. The average molecular weight is 251 g/mol. The minimum absolute atomic E-state index is 0.231. The number of nitrogens with zero attached hydrogens (tertiary/aromatic N) is 2. The molecule has 18 heavy (non-hydrogen) atoms. The summed E-state index contributed by atoms with van der Waals surface area (Å²) in [5.74, 6) is 0.440. The first-order valence-corrected chi connectivity index (χ1v) is 6.42. The summed E-state index contributed by atoms with van der Waals surface area (Å²) >= 11 is 0. The van der Waals surface area contributed by atoms with E-state index in [9.17, 15) is 4.39 Å². The van der Waals surface area contributed by atoms with Gasteiger partial charge in [-0.2, -0.15) is 0 Å². The van der Waals surface area contributed by atoms with Gasteiger partial charge < -0.3 is 15.5 Å². The molecular weight excluding hydrogens is 229 g/mol. The minimum atomic E-state index is -0.231. The van der Waals surface area contributed by atoms with Crippen molar-refractivity contribution < 1.29 is 4.39 Å². The van der Waals surface area contributed by atoms with E-state index < -0.39 is 0 Å². The Morgan fingerprint density at radius 2 is 2.22 bits per heavy atom. The van der Waals surface area contributed by atoms with Crippen molar-refractivity contribution in [2.75, 3.05) is 44.4 Å². The van der Waals surface area contributed by atoms with Crippen LogP contribution in [0.4, 0.5) is 15.8 Å². The van der Waals surface area contributed by atoms with Gasteiger partial charge in [0, 0.05) is 20.1 Å². The number of rotatable bonds is 3. The summed E-state index contributed by atoms with van der Waals surface area (Å²) in [5, 5.41) is 0. The second-order valence-electron chi connectivity index (χ2n) is 5.46. The van der Waals surface area contributed by atoms with Gasteiger partial charge in [-0.05, 0) is 50.6 Å². The number of hydrogen-bond acceptors (Lipinski definition) is 3. The third-order valence-electron chi connectivity index (χ3n) is 3.74. The Labute approximate surface area is 108 Å². The molecule has 3 nitrogen and oxygen atoms in total. The van der Waals surface area contributed by atoms with E-state index in [1.807, 2.05) is 13.1 Å². The topological polar surface area (TPSA) is 32.5 Å². The lowest BCUT2D eigenvalue weighted by molar-refractivity contribution is 0.396. The van der Waals surface area contributed by atoms with Gasteiger partial charge >= 0.3 is 0 Å². The van der Waals surface area contributed by atoms with E-state index in [-0.39, 0.29) is 5.82 Å². The summed E-state index contributed by atoms with van der Waals surface area (Å²) in [7, 11) is 4.18. The van der Waals surface area contributed by atoms with Crippen molar-refractivity contribution in [3.63, 3.8) is 0 Å². The largest absolute Gasteiger partial charge is 0.397 e. The molecule has 1 atom stereocenters. The van der Waals surface area contributed by atoms with Crippen LogP contribution >= 0.6 is 0 Å². The molecule has 0 bridgehead atoms. The molecule has 0 aliphatic carbocycles. The van der Waals surface area contributed by atoms with Crippen molar-refractivity contribution in [1.82, 2.24) is 4.90 Å². The SMILES string of the molecule is Cc1cc(N(C)CC2CCN(C)C2)c(N)cc1F. The average Bonchev–Trinajstić information content (AvgIpc) is 2.69. The zero-order chi connectivity index (χ0) is 13.3. The molecule has 0 amide bonds. The number of hydrogen-bond donors (Lipinski definition) is 1. The molecule has 2 N–H and O–H groups in total. The van der Waals surface area contributed by atoms with E-state index >= 15 is 0 Å². The Bertz CT molecular complexity index is 433. The number of halogens is 1. The summed E-state index contributed by atoms with van der Waals surface area (Å²) in [6.45, 7) is 5.04. The summed E-state index contributed by atoms with van der Waals surface area (Å²) in [5.41, 5.74) is 8.00. The number of nitrogens with two attached hydrogens (primary N) is 1. The van der Waals surface area contributed by atoms with Gasteiger partial charge in [0.05, 0.1) is 11.4 Å². The fourth-order valence-electron chi connectivity index (χ4n) is 2.67. The first-order valence-electron chi connectivity index (χ1n) is 6.42. The van der Waals surface area contributed by atoms with Crippen LogP contribution in [0.15, 0.2) is 12.1 Å². The highest BCUT2D eigenvalue weighted by atomic mass is 19.1. The molecule has 1 heterocycles. The van der Waals surface area contributed by atoms with Crippen LogP contribution in [0, 0.1) is 18.7 Å². The molecule has 1 unspecified atom stereocenters. The van der Waals surface area contributed by atoms with Crippen LogP contribution in [-0.4, -0.2) is 38.6 Å². The Balaban J connectivity index is 2.09.